The van der Waals surface area contributed by atoms with Gasteiger partial charge in [-0.05, 0) is 57.1 Å². The summed E-state index contributed by atoms with van der Waals surface area (Å²) < 4.78 is 0. The molecule has 3 rings (SSSR count). The Kier molecular flexibility index (Phi) is 5.95. The van der Waals surface area contributed by atoms with Crippen molar-refractivity contribution in [2.45, 2.75) is 70.0 Å². The summed E-state index contributed by atoms with van der Waals surface area (Å²) >= 11 is 1.80. The quantitative estimate of drug-likeness (QED) is 0.857. The highest BCUT2D eigenvalue weighted by Crippen LogP contribution is 2.31. The number of carbonyl (C=O) groups excluding carboxylic acids is 1. The number of amides is 2. The van der Waals surface area contributed by atoms with Crippen molar-refractivity contribution in [3.63, 3.8) is 0 Å². The monoisotopic (exact) mass is 335 g/mol. The summed E-state index contributed by atoms with van der Waals surface area (Å²) in [4.78, 5) is 16.3. The maximum absolute atomic E-state index is 12.4. The average Bonchev–Trinajstić information content (AvgIpc) is 3.22. The van der Waals surface area contributed by atoms with Crippen LogP contribution in [0.5, 0.6) is 0 Å². The van der Waals surface area contributed by atoms with Crippen molar-refractivity contribution in [3.8, 4) is 0 Å². The van der Waals surface area contributed by atoms with E-state index in [0.717, 1.165) is 25.9 Å². The van der Waals surface area contributed by atoms with Crippen LogP contribution < -0.4 is 10.6 Å². The molecule has 1 saturated heterocycles. The smallest absolute Gasteiger partial charge is 0.315 e. The lowest BCUT2D eigenvalue weighted by molar-refractivity contribution is 0.192. The Bertz CT molecular complexity index is 478. The Labute approximate surface area is 143 Å². The lowest BCUT2D eigenvalue weighted by Gasteiger charge is -2.33. The molecule has 1 aliphatic heterocycles. The maximum atomic E-state index is 12.4. The van der Waals surface area contributed by atoms with Crippen molar-refractivity contribution in [3.05, 3.63) is 22.4 Å². The number of rotatable bonds is 5. The molecule has 4 nitrogen and oxygen atoms in total. The van der Waals surface area contributed by atoms with Gasteiger partial charge in [-0.3, -0.25) is 4.90 Å². The molecule has 2 fully saturated rings. The molecule has 0 spiro atoms. The molecule has 0 radical (unpaired) electrons. The molecule has 128 valence electrons. The third-order valence-corrected chi connectivity index (χ3v) is 6.08. The molecule has 2 N–H and O–H groups in total. The molecule has 0 bridgehead atoms. The molecule has 5 heteroatoms. The normalized spacial score (nSPS) is 22.7. The Morgan fingerprint density at radius 2 is 1.96 bits per heavy atom. The zero-order chi connectivity index (χ0) is 16.1. The van der Waals surface area contributed by atoms with Gasteiger partial charge in [0.1, 0.15) is 0 Å². The summed E-state index contributed by atoms with van der Waals surface area (Å²) in [6, 6.07) is 5.10. The molecule has 1 aliphatic carbocycles. The predicted octanol–water partition coefficient (Wildman–Crippen LogP) is 3.91. The van der Waals surface area contributed by atoms with Crippen LogP contribution in [-0.4, -0.2) is 36.1 Å². The summed E-state index contributed by atoms with van der Waals surface area (Å²) in [5.74, 6) is 0. The molecule has 2 aliphatic rings. The highest BCUT2D eigenvalue weighted by atomic mass is 32.1. The van der Waals surface area contributed by atoms with Crippen LogP contribution in [0.1, 0.15) is 62.8 Å². The van der Waals surface area contributed by atoms with Gasteiger partial charge >= 0.3 is 6.03 Å². The second-order valence-electron chi connectivity index (χ2n) is 6.94. The summed E-state index contributed by atoms with van der Waals surface area (Å²) in [5.41, 5.74) is 0. The van der Waals surface area contributed by atoms with E-state index in [1.165, 1.54) is 37.0 Å². The Balaban J connectivity index is 1.59. The number of thiophene rings is 1. The van der Waals surface area contributed by atoms with E-state index >= 15 is 0 Å². The minimum absolute atomic E-state index is 0.00477. The highest BCUT2D eigenvalue weighted by molar-refractivity contribution is 7.10. The van der Waals surface area contributed by atoms with Crippen LogP contribution in [0.15, 0.2) is 17.5 Å². The lowest BCUT2D eigenvalue weighted by atomic mass is 9.96. The molecule has 1 aromatic heterocycles. The third-order valence-electron chi connectivity index (χ3n) is 5.14. The van der Waals surface area contributed by atoms with E-state index in [0.29, 0.717) is 12.1 Å². The zero-order valence-corrected chi connectivity index (χ0v) is 14.9. The fraction of sp³-hybridized carbons (Fsp3) is 0.722. The summed E-state index contributed by atoms with van der Waals surface area (Å²) in [5, 5.41) is 8.51. The van der Waals surface area contributed by atoms with Crippen molar-refractivity contribution < 1.29 is 4.79 Å². The Hall–Kier alpha value is -1.07. The van der Waals surface area contributed by atoms with Crippen LogP contribution in [0.25, 0.3) is 0 Å². The SMILES string of the molecule is C[C@@H](NC(=O)NC1CCCCC1)[C@@H](c1cccs1)N1CCCC1. The van der Waals surface area contributed by atoms with Crippen molar-refractivity contribution in [2.75, 3.05) is 13.1 Å². The lowest BCUT2D eigenvalue weighted by Crippen LogP contribution is -2.50. The molecular weight excluding hydrogens is 306 g/mol. The summed E-state index contributed by atoms with van der Waals surface area (Å²) in [6.45, 7) is 4.42. The average molecular weight is 336 g/mol. The third kappa shape index (κ3) is 4.48. The number of likely N-dealkylation sites (tertiary alicyclic amines) is 1. The first-order chi connectivity index (χ1) is 11.2. The minimum atomic E-state index is 0.00477. The Morgan fingerprint density at radius 3 is 2.61 bits per heavy atom. The molecule has 0 aromatic carbocycles. The fourth-order valence-corrected chi connectivity index (χ4v) is 4.95. The van der Waals surface area contributed by atoms with Crippen molar-refractivity contribution in [1.82, 2.24) is 15.5 Å². The first-order valence-electron chi connectivity index (χ1n) is 9.08. The largest absolute Gasteiger partial charge is 0.335 e. The van der Waals surface area contributed by atoms with Crippen LogP contribution in [0.3, 0.4) is 0 Å². The van der Waals surface area contributed by atoms with E-state index in [1.54, 1.807) is 11.3 Å². The number of hydrogen-bond donors (Lipinski definition) is 2. The number of nitrogens with zero attached hydrogens (tertiary/aromatic N) is 1. The summed E-state index contributed by atoms with van der Waals surface area (Å²) in [7, 11) is 0. The Morgan fingerprint density at radius 1 is 1.22 bits per heavy atom. The van der Waals surface area contributed by atoms with Gasteiger partial charge < -0.3 is 10.6 Å². The second-order valence-corrected chi connectivity index (χ2v) is 7.92. The maximum Gasteiger partial charge on any atom is 0.315 e. The minimum Gasteiger partial charge on any atom is -0.335 e. The zero-order valence-electron chi connectivity index (χ0n) is 14.1. The molecule has 2 atom stereocenters. The molecule has 2 heterocycles. The van der Waals surface area contributed by atoms with Crippen LogP contribution >= 0.6 is 11.3 Å². The van der Waals surface area contributed by atoms with E-state index in [9.17, 15) is 4.79 Å². The molecule has 2 amide bonds. The van der Waals surface area contributed by atoms with Gasteiger partial charge in [-0.25, -0.2) is 4.79 Å². The van der Waals surface area contributed by atoms with Crippen molar-refractivity contribution in [2.24, 2.45) is 0 Å². The van der Waals surface area contributed by atoms with Gasteiger partial charge in [0.15, 0.2) is 0 Å². The molecular formula is C18H29N3OS. The first-order valence-corrected chi connectivity index (χ1v) is 9.96. The van der Waals surface area contributed by atoms with Crippen LogP contribution in [0.4, 0.5) is 4.79 Å². The molecule has 23 heavy (non-hydrogen) atoms. The van der Waals surface area contributed by atoms with Crippen LogP contribution in [0, 0.1) is 0 Å². The van der Waals surface area contributed by atoms with Crippen molar-refractivity contribution in [1.29, 1.82) is 0 Å². The molecule has 0 unspecified atom stereocenters. The topological polar surface area (TPSA) is 44.4 Å². The van der Waals surface area contributed by atoms with Crippen molar-refractivity contribution >= 4 is 17.4 Å². The van der Waals surface area contributed by atoms with Gasteiger partial charge in [0.25, 0.3) is 0 Å². The first kappa shape index (κ1) is 16.8. The van der Waals surface area contributed by atoms with Gasteiger partial charge in [-0.2, -0.15) is 0 Å². The van der Waals surface area contributed by atoms with E-state index in [2.05, 4.69) is 40.0 Å². The van der Waals surface area contributed by atoms with Gasteiger partial charge in [0, 0.05) is 17.0 Å². The number of urea groups is 1. The number of hydrogen-bond acceptors (Lipinski definition) is 3. The summed E-state index contributed by atoms with van der Waals surface area (Å²) in [6.07, 6.45) is 8.58. The van der Waals surface area contributed by atoms with E-state index in [1.807, 2.05) is 0 Å². The number of nitrogens with one attached hydrogen (secondary N) is 2. The second kappa shape index (κ2) is 8.15. The van der Waals surface area contributed by atoms with Gasteiger partial charge in [0.05, 0.1) is 6.04 Å². The predicted molar refractivity (Wildman–Crippen MR) is 95.9 cm³/mol. The van der Waals surface area contributed by atoms with E-state index < -0.39 is 0 Å². The molecule has 1 saturated carbocycles. The molecule has 1 aromatic rings. The highest BCUT2D eigenvalue weighted by Gasteiger charge is 2.30. The van der Waals surface area contributed by atoms with Gasteiger partial charge in [-0.15, -0.1) is 11.3 Å². The van der Waals surface area contributed by atoms with Gasteiger partial charge in [0.2, 0.25) is 0 Å². The fourth-order valence-electron chi connectivity index (χ4n) is 3.98. The standard InChI is InChI=1S/C18H29N3OS/c1-14(19-18(22)20-15-8-3-2-4-9-15)17(16-10-7-13-23-16)21-11-5-6-12-21/h7,10,13-15,17H,2-6,8-9,11-12H2,1H3,(H2,19,20,22)/t14-,17+/m1/s1. The van der Waals surface area contributed by atoms with Gasteiger partial charge in [-0.1, -0.05) is 25.3 Å². The van der Waals surface area contributed by atoms with E-state index in [-0.39, 0.29) is 12.1 Å². The van der Waals surface area contributed by atoms with E-state index in [4.69, 9.17) is 0 Å². The van der Waals surface area contributed by atoms with Crippen LogP contribution in [-0.2, 0) is 0 Å². The number of carbonyl (C=O) groups is 1. The van der Waals surface area contributed by atoms with Crippen LogP contribution in [0.2, 0.25) is 0 Å².